The van der Waals surface area contributed by atoms with Gasteiger partial charge in [0.05, 0.1) is 19.0 Å². The number of aromatic nitrogens is 1. The fourth-order valence-corrected chi connectivity index (χ4v) is 3.61. The van der Waals surface area contributed by atoms with E-state index in [9.17, 15) is 9.59 Å². The molecule has 1 aromatic heterocycles. The number of ether oxygens (including phenoxy) is 1. The molecule has 1 unspecified atom stereocenters. The number of hydrogen-bond donors (Lipinski definition) is 0. The Morgan fingerprint density at radius 3 is 2.65 bits per heavy atom. The molecule has 0 fully saturated rings. The first-order valence-corrected chi connectivity index (χ1v) is 8.81. The zero-order valence-electron chi connectivity index (χ0n) is 13.9. The van der Waals surface area contributed by atoms with Gasteiger partial charge in [0.15, 0.2) is 0 Å². The molecule has 0 spiro atoms. The Hall–Kier alpha value is -2.64. The van der Waals surface area contributed by atoms with Crippen LogP contribution in [0.15, 0.2) is 59.1 Å². The van der Waals surface area contributed by atoms with E-state index in [0.717, 1.165) is 15.4 Å². The molecule has 2 aromatic carbocycles. The second-order valence-electron chi connectivity index (χ2n) is 5.89. The molecule has 6 nitrogen and oxygen atoms in total. The summed E-state index contributed by atoms with van der Waals surface area (Å²) in [7, 11) is 1.42. The minimum Gasteiger partial charge on any atom is -0.426 e. The van der Waals surface area contributed by atoms with E-state index in [1.165, 1.54) is 12.2 Å². The van der Waals surface area contributed by atoms with Gasteiger partial charge in [0.25, 0.3) is 5.91 Å². The highest BCUT2D eigenvalue weighted by atomic mass is 79.9. The molecule has 1 atom stereocenters. The average Bonchev–Trinajstić information content (AvgIpc) is 3.11. The van der Waals surface area contributed by atoms with Gasteiger partial charge in [-0.15, -0.1) is 0 Å². The molecular formula is C19H15BrN2O4. The fraction of sp³-hybridized carbons (Fsp3) is 0.158. The van der Waals surface area contributed by atoms with Crippen molar-refractivity contribution in [1.29, 1.82) is 0 Å². The van der Waals surface area contributed by atoms with Crippen molar-refractivity contribution in [2.75, 3.05) is 7.11 Å². The summed E-state index contributed by atoms with van der Waals surface area (Å²) in [4.78, 5) is 30.3. The largest absolute Gasteiger partial charge is 0.426 e. The quantitative estimate of drug-likeness (QED) is 0.479. The van der Waals surface area contributed by atoms with E-state index in [2.05, 4.69) is 15.9 Å². The number of esters is 1. The highest BCUT2D eigenvalue weighted by Crippen LogP contribution is 2.36. The molecule has 26 heavy (non-hydrogen) atoms. The topological polar surface area (TPSA) is 60.8 Å². The van der Waals surface area contributed by atoms with Crippen LogP contribution in [0, 0.1) is 0 Å². The predicted molar refractivity (Wildman–Crippen MR) is 98.5 cm³/mol. The van der Waals surface area contributed by atoms with Crippen LogP contribution in [0.2, 0.25) is 0 Å². The van der Waals surface area contributed by atoms with Gasteiger partial charge in [-0.05, 0) is 36.4 Å². The molecule has 0 radical (unpaired) electrons. The first kappa shape index (κ1) is 16.8. The Bertz CT molecular complexity index is 999. The molecule has 7 heteroatoms. The summed E-state index contributed by atoms with van der Waals surface area (Å²) in [6.07, 6.45) is -0.626. The summed E-state index contributed by atoms with van der Waals surface area (Å²) < 4.78 is 8.11. The standard InChI is InChI=1S/C19H15BrN2O4/c1-25-22-17(11-18(23)26-14-5-3-2-4-6-14)21-15-8-7-13(20)9-12(15)10-16(21)19(22)24/h2-10,17H,11H2,1H3. The number of hydroxylamine groups is 2. The van der Waals surface area contributed by atoms with E-state index in [-0.39, 0.29) is 12.3 Å². The first-order valence-electron chi connectivity index (χ1n) is 8.02. The molecule has 1 aliphatic rings. The van der Waals surface area contributed by atoms with Crippen LogP contribution in [0.25, 0.3) is 10.9 Å². The van der Waals surface area contributed by atoms with Crippen LogP contribution in [0.4, 0.5) is 0 Å². The number of amides is 1. The Kier molecular flexibility index (Phi) is 4.26. The second-order valence-corrected chi connectivity index (χ2v) is 6.80. The SMILES string of the molecule is CON1C(=O)c2cc3cc(Br)ccc3n2C1CC(=O)Oc1ccccc1. The Labute approximate surface area is 158 Å². The number of carbonyl (C=O) groups is 2. The van der Waals surface area contributed by atoms with Crippen LogP contribution in [-0.4, -0.2) is 28.6 Å². The number of rotatable bonds is 4. The van der Waals surface area contributed by atoms with Gasteiger partial charge in [-0.2, -0.15) is 5.06 Å². The van der Waals surface area contributed by atoms with Crippen LogP contribution in [-0.2, 0) is 9.63 Å². The van der Waals surface area contributed by atoms with E-state index in [0.29, 0.717) is 11.4 Å². The van der Waals surface area contributed by atoms with E-state index >= 15 is 0 Å². The molecule has 2 heterocycles. The van der Waals surface area contributed by atoms with Crippen molar-refractivity contribution in [2.45, 2.75) is 12.6 Å². The van der Waals surface area contributed by atoms with Crippen LogP contribution in [0.3, 0.4) is 0 Å². The van der Waals surface area contributed by atoms with Crippen LogP contribution in [0.1, 0.15) is 23.1 Å². The van der Waals surface area contributed by atoms with Gasteiger partial charge in [-0.25, -0.2) is 0 Å². The van der Waals surface area contributed by atoms with Crippen LogP contribution in [0.5, 0.6) is 5.75 Å². The normalized spacial score (nSPS) is 16.2. The maximum atomic E-state index is 12.6. The minimum absolute atomic E-state index is 0.0265. The predicted octanol–water partition coefficient (Wildman–Crippen LogP) is 3.92. The monoisotopic (exact) mass is 414 g/mol. The summed E-state index contributed by atoms with van der Waals surface area (Å²) in [6.45, 7) is 0. The van der Waals surface area contributed by atoms with Crippen molar-refractivity contribution < 1.29 is 19.2 Å². The number of hydrogen-bond acceptors (Lipinski definition) is 4. The maximum absolute atomic E-state index is 12.6. The zero-order valence-corrected chi connectivity index (χ0v) is 15.5. The van der Waals surface area contributed by atoms with Crippen molar-refractivity contribution in [3.05, 3.63) is 64.8 Å². The smallest absolute Gasteiger partial charge is 0.315 e. The second kappa shape index (κ2) is 6.59. The van der Waals surface area contributed by atoms with Crippen molar-refractivity contribution in [2.24, 2.45) is 0 Å². The maximum Gasteiger partial charge on any atom is 0.315 e. The molecule has 132 valence electrons. The number of fused-ring (bicyclic) bond motifs is 3. The van der Waals surface area contributed by atoms with Crippen molar-refractivity contribution in [1.82, 2.24) is 9.63 Å². The Morgan fingerprint density at radius 2 is 1.92 bits per heavy atom. The average molecular weight is 415 g/mol. The zero-order chi connectivity index (χ0) is 18.3. The molecule has 1 aliphatic heterocycles. The summed E-state index contributed by atoms with van der Waals surface area (Å²) in [5.41, 5.74) is 1.34. The third-order valence-electron chi connectivity index (χ3n) is 4.31. The van der Waals surface area contributed by atoms with Crippen LogP contribution < -0.4 is 4.74 Å². The Morgan fingerprint density at radius 1 is 1.15 bits per heavy atom. The van der Waals surface area contributed by atoms with Gasteiger partial charge >= 0.3 is 5.97 Å². The van der Waals surface area contributed by atoms with E-state index in [1.54, 1.807) is 30.3 Å². The van der Waals surface area contributed by atoms with E-state index in [1.807, 2.05) is 28.8 Å². The molecule has 0 aliphatic carbocycles. The lowest BCUT2D eigenvalue weighted by atomic mass is 10.2. The number of para-hydroxylation sites is 1. The first-order chi connectivity index (χ1) is 12.6. The molecule has 0 bridgehead atoms. The lowest BCUT2D eigenvalue weighted by Crippen LogP contribution is -2.31. The molecule has 0 N–H and O–H groups in total. The van der Waals surface area contributed by atoms with Gasteiger partial charge in [0.1, 0.15) is 17.6 Å². The van der Waals surface area contributed by atoms with Gasteiger partial charge in [0, 0.05) is 9.86 Å². The van der Waals surface area contributed by atoms with Crippen LogP contribution >= 0.6 is 15.9 Å². The van der Waals surface area contributed by atoms with Crippen molar-refractivity contribution in [3.8, 4) is 5.75 Å². The highest BCUT2D eigenvalue weighted by molar-refractivity contribution is 9.10. The minimum atomic E-state index is -0.600. The summed E-state index contributed by atoms with van der Waals surface area (Å²) in [6, 6.07) is 16.4. The van der Waals surface area contributed by atoms with Gasteiger partial charge in [-0.3, -0.25) is 14.4 Å². The third-order valence-corrected chi connectivity index (χ3v) is 4.80. The number of nitrogens with zero attached hydrogens (tertiary/aromatic N) is 2. The molecule has 0 saturated heterocycles. The molecule has 4 rings (SSSR count). The number of benzene rings is 2. The molecule has 0 saturated carbocycles. The molecule has 1 amide bonds. The summed E-state index contributed by atoms with van der Waals surface area (Å²) >= 11 is 3.44. The van der Waals surface area contributed by atoms with Crippen molar-refractivity contribution in [3.63, 3.8) is 0 Å². The Balaban J connectivity index is 1.68. The third kappa shape index (κ3) is 2.79. The van der Waals surface area contributed by atoms with Gasteiger partial charge < -0.3 is 9.30 Å². The van der Waals surface area contributed by atoms with Crippen molar-refractivity contribution >= 4 is 38.7 Å². The highest BCUT2D eigenvalue weighted by Gasteiger charge is 2.40. The lowest BCUT2D eigenvalue weighted by Gasteiger charge is -2.23. The van der Waals surface area contributed by atoms with Gasteiger partial charge in [-0.1, -0.05) is 34.1 Å². The summed E-state index contributed by atoms with van der Waals surface area (Å²) in [5.74, 6) is -0.257. The number of halogens is 1. The molecular weight excluding hydrogens is 400 g/mol. The number of carbonyl (C=O) groups excluding carboxylic acids is 2. The van der Waals surface area contributed by atoms with E-state index in [4.69, 9.17) is 9.57 Å². The van der Waals surface area contributed by atoms with Gasteiger partial charge in [0.2, 0.25) is 0 Å². The lowest BCUT2D eigenvalue weighted by molar-refractivity contribution is -0.151. The fourth-order valence-electron chi connectivity index (χ4n) is 3.24. The molecule has 3 aromatic rings. The van der Waals surface area contributed by atoms with E-state index < -0.39 is 12.1 Å². The summed E-state index contributed by atoms with van der Waals surface area (Å²) in [5, 5.41) is 2.13.